The number of hydrogen-bond donors (Lipinski definition) is 0. The minimum Gasteiger partial charge on any atom is -0.207 e. The molecule has 6 heteroatoms. The molecule has 0 radical (unpaired) electrons. The summed E-state index contributed by atoms with van der Waals surface area (Å²) < 4.78 is 55.4. The van der Waals surface area contributed by atoms with Crippen molar-refractivity contribution >= 4 is 11.8 Å². The Balaban J connectivity index is 2.31. The number of halogens is 4. The molecule has 0 saturated heterocycles. The normalized spacial score (nSPS) is 10.1. The lowest BCUT2D eigenvalue weighted by atomic mass is 10.0. The zero-order chi connectivity index (χ0) is 18.4. The van der Waals surface area contributed by atoms with Crippen LogP contribution in [-0.2, 0) is 6.42 Å². The lowest BCUT2D eigenvalue weighted by Gasteiger charge is -2.05. The predicted molar refractivity (Wildman–Crippen MR) is 88.8 cm³/mol. The number of nitriles is 1. The molecule has 2 aromatic rings. The fourth-order valence-corrected chi connectivity index (χ4v) is 2.59. The first-order valence-electron chi connectivity index (χ1n) is 7.51. The number of thiocyanates is 1. The molecule has 0 amide bonds. The van der Waals surface area contributed by atoms with E-state index in [1.54, 1.807) is 5.40 Å². The maximum Gasteiger partial charge on any atom is 0.142 e. The molecule has 2 rings (SSSR count). The molecule has 0 bridgehead atoms. The molecule has 0 unspecified atom stereocenters. The quantitative estimate of drug-likeness (QED) is 0.307. The van der Waals surface area contributed by atoms with Gasteiger partial charge in [-0.05, 0) is 48.9 Å². The van der Waals surface area contributed by atoms with Crippen LogP contribution in [0.2, 0.25) is 0 Å². The van der Waals surface area contributed by atoms with Gasteiger partial charge in [0.25, 0.3) is 0 Å². The van der Waals surface area contributed by atoms with Gasteiger partial charge >= 0.3 is 0 Å². The highest BCUT2D eigenvalue weighted by Gasteiger charge is 2.12. The second kappa shape index (κ2) is 8.60. The van der Waals surface area contributed by atoms with Crippen LogP contribution in [0.15, 0.2) is 29.2 Å². The Morgan fingerprint density at radius 2 is 1.36 bits per heavy atom. The molecular weight excluding hydrogens is 350 g/mol. The average molecular weight is 363 g/mol. The van der Waals surface area contributed by atoms with Gasteiger partial charge in [0.15, 0.2) is 0 Å². The monoisotopic (exact) mass is 363 g/mol. The Morgan fingerprint density at radius 3 is 1.80 bits per heavy atom. The van der Waals surface area contributed by atoms with E-state index in [4.69, 9.17) is 5.26 Å². The molecule has 0 spiro atoms. The van der Waals surface area contributed by atoms with Crippen molar-refractivity contribution < 1.29 is 17.6 Å². The molecule has 128 valence electrons. The number of hydrogen-bond acceptors (Lipinski definition) is 2. The van der Waals surface area contributed by atoms with E-state index in [2.05, 4.69) is 11.8 Å². The van der Waals surface area contributed by atoms with Crippen LogP contribution in [0.3, 0.4) is 0 Å². The van der Waals surface area contributed by atoms with Gasteiger partial charge in [0.05, 0.1) is 4.90 Å². The summed E-state index contributed by atoms with van der Waals surface area (Å²) in [4.78, 5) is -0.412. The maximum absolute atomic E-state index is 14.0. The van der Waals surface area contributed by atoms with Crippen molar-refractivity contribution in [2.75, 3.05) is 0 Å². The summed E-state index contributed by atoms with van der Waals surface area (Å²) in [5, 5.41) is 10.1. The Kier molecular flexibility index (Phi) is 6.50. The first kappa shape index (κ1) is 18.9. The highest BCUT2D eigenvalue weighted by molar-refractivity contribution is 8.03. The van der Waals surface area contributed by atoms with Gasteiger partial charge in [-0.25, -0.2) is 17.6 Å². The SMILES string of the molecule is CCCCc1c(F)cc(C#Cc2cc(F)c(SC#N)c(F)c2)cc1F. The number of thioether (sulfide) groups is 1. The summed E-state index contributed by atoms with van der Waals surface area (Å²) >= 11 is 0.372. The smallest absolute Gasteiger partial charge is 0.142 e. The molecule has 0 heterocycles. The minimum atomic E-state index is -0.914. The molecule has 0 atom stereocenters. The van der Waals surface area contributed by atoms with Gasteiger partial charge in [-0.15, -0.1) is 0 Å². The van der Waals surface area contributed by atoms with E-state index in [0.717, 1.165) is 30.7 Å². The fourth-order valence-electron chi connectivity index (χ4n) is 2.19. The third kappa shape index (κ3) is 4.78. The lowest BCUT2D eigenvalue weighted by Crippen LogP contribution is -1.97. The van der Waals surface area contributed by atoms with Crippen LogP contribution in [0.25, 0.3) is 0 Å². The average Bonchev–Trinajstić information content (AvgIpc) is 2.55. The number of benzene rings is 2. The summed E-state index contributed by atoms with van der Waals surface area (Å²) in [5.74, 6) is 1.77. The van der Waals surface area contributed by atoms with E-state index < -0.39 is 28.2 Å². The molecule has 0 saturated carbocycles. The summed E-state index contributed by atoms with van der Waals surface area (Å²) in [6.07, 6.45) is 1.79. The summed E-state index contributed by atoms with van der Waals surface area (Å²) in [6, 6.07) is 4.15. The van der Waals surface area contributed by atoms with Crippen molar-refractivity contribution in [3.8, 4) is 17.2 Å². The molecule has 0 N–H and O–H groups in total. The standard InChI is InChI=1S/C19H13F4NS/c1-2-3-4-14-15(20)7-12(8-16(14)21)5-6-13-9-17(22)19(25-11-24)18(23)10-13/h7-10H,2-4H2,1H3. The molecule has 0 aromatic heterocycles. The van der Waals surface area contributed by atoms with Gasteiger partial charge in [0.1, 0.15) is 28.7 Å². The Hall–Kier alpha value is -2.44. The minimum absolute atomic E-state index is 0.00756. The predicted octanol–water partition coefficient (Wildman–Crippen LogP) is 5.56. The fraction of sp³-hybridized carbons (Fsp3) is 0.211. The van der Waals surface area contributed by atoms with Crippen molar-refractivity contribution in [3.63, 3.8) is 0 Å². The van der Waals surface area contributed by atoms with E-state index in [-0.39, 0.29) is 16.7 Å². The van der Waals surface area contributed by atoms with Crippen LogP contribution in [0, 0.1) is 45.8 Å². The van der Waals surface area contributed by atoms with E-state index in [1.807, 2.05) is 6.92 Å². The molecule has 0 aliphatic rings. The van der Waals surface area contributed by atoms with Crippen LogP contribution < -0.4 is 0 Å². The van der Waals surface area contributed by atoms with Crippen molar-refractivity contribution in [2.24, 2.45) is 0 Å². The maximum atomic E-state index is 14.0. The number of unbranched alkanes of at least 4 members (excludes halogenated alkanes) is 1. The van der Waals surface area contributed by atoms with Gasteiger partial charge in [-0.3, -0.25) is 0 Å². The molecule has 25 heavy (non-hydrogen) atoms. The summed E-state index contributed by atoms with van der Waals surface area (Å²) in [5.41, 5.74) is 0.0991. The summed E-state index contributed by atoms with van der Waals surface area (Å²) in [7, 11) is 0. The van der Waals surface area contributed by atoms with Gasteiger partial charge in [-0.1, -0.05) is 25.2 Å². The Bertz CT molecular complexity index is 845. The second-order valence-corrected chi connectivity index (χ2v) is 6.03. The highest BCUT2D eigenvalue weighted by Crippen LogP contribution is 2.25. The van der Waals surface area contributed by atoms with Gasteiger partial charge in [0.2, 0.25) is 0 Å². The molecule has 0 fully saturated rings. The van der Waals surface area contributed by atoms with E-state index in [1.165, 1.54) is 0 Å². The number of nitrogens with zero attached hydrogens (tertiary/aromatic N) is 1. The van der Waals surface area contributed by atoms with Crippen molar-refractivity contribution in [1.82, 2.24) is 0 Å². The van der Waals surface area contributed by atoms with E-state index in [9.17, 15) is 17.6 Å². The zero-order valence-electron chi connectivity index (χ0n) is 13.3. The highest BCUT2D eigenvalue weighted by atomic mass is 32.2. The van der Waals surface area contributed by atoms with Gasteiger partial charge < -0.3 is 0 Å². The third-order valence-electron chi connectivity index (χ3n) is 3.42. The second-order valence-electron chi connectivity index (χ2n) is 5.23. The molecular formula is C19H13F4NS. The topological polar surface area (TPSA) is 23.8 Å². The van der Waals surface area contributed by atoms with Gasteiger partial charge in [-0.2, -0.15) is 5.26 Å². The molecule has 0 aliphatic carbocycles. The van der Waals surface area contributed by atoms with Gasteiger partial charge in [0, 0.05) is 16.7 Å². The van der Waals surface area contributed by atoms with Crippen molar-refractivity contribution in [1.29, 1.82) is 5.26 Å². The summed E-state index contributed by atoms with van der Waals surface area (Å²) in [6.45, 7) is 1.92. The van der Waals surface area contributed by atoms with E-state index in [0.29, 0.717) is 24.6 Å². The van der Waals surface area contributed by atoms with Crippen LogP contribution in [-0.4, -0.2) is 0 Å². The first-order valence-corrected chi connectivity index (χ1v) is 8.32. The van der Waals surface area contributed by atoms with E-state index >= 15 is 0 Å². The van der Waals surface area contributed by atoms with Crippen molar-refractivity contribution in [2.45, 2.75) is 31.1 Å². The largest absolute Gasteiger partial charge is 0.207 e. The molecule has 0 aliphatic heterocycles. The van der Waals surface area contributed by atoms with Crippen molar-refractivity contribution in [3.05, 3.63) is 64.2 Å². The molecule has 1 nitrogen and oxygen atoms in total. The number of rotatable bonds is 4. The molecule has 2 aromatic carbocycles. The van der Waals surface area contributed by atoms with Crippen LogP contribution in [0.5, 0.6) is 0 Å². The first-order chi connectivity index (χ1) is 12.0. The third-order valence-corrected chi connectivity index (χ3v) is 4.10. The van der Waals surface area contributed by atoms with Crippen LogP contribution in [0.1, 0.15) is 36.5 Å². The Morgan fingerprint density at radius 1 is 0.880 bits per heavy atom. The lowest BCUT2D eigenvalue weighted by molar-refractivity contribution is 0.540. The van der Waals surface area contributed by atoms with Crippen LogP contribution in [0.4, 0.5) is 17.6 Å². The zero-order valence-corrected chi connectivity index (χ0v) is 14.1. The van der Waals surface area contributed by atoms with Crippen LogP contribution >= 0.6 is 11.8 Å². The Labute approximate surface area is 147 Å².